The standard InChI is InChI=1S/C35H48ClN3O2S2.C19H32ClN3S2/c1-38-19-16-35(30-8-10-32(36)11-9-30)31(24-38)25-39(21-23-43-27-29-6-14-34(41-3)15-7-29)20-17-37-18-22-42-26-28-4-12-33(40-2)13-5-28;1-22-9-6-19(16-2-4-18(20)5-3-16)17(14-22)15-23(11-13-25)10-7-21-8-12-24/h4-15,31,35,37H,16-27H2,1-3H3;2-5,17,19,21,24-25H,6-15H2,1H3. The van der Waals surface area contributed by atoms with E-state index in [1.54, 1.807) is 14.2 Å². The topological polar surface area (TPSA) is 55.5 Å². The van der Waals surface area contributed by atoms with E-state index in [0.29, 0.717) is 23.7 Å². The van der Waals surface area contributed by atoms with Gasteiger partial charge in [-0.3, -0.25) is 0 Å². The molecule has 14 heteroatoms. The Hall–Kier alpha value is -1.78. The number of nitrogens with zero attached hydrogens (tertiary/aromatic N) is 4. The number of ether oxygens (including phenoxy) is 2. The molecule has 2 saturated heterocycles. The number of halogens is 2. The van der Waals surface area contributed by atoms with E-state index < -0.39 is 0 Å². The van der Waals surface area contributed by atoms with Crippen LogP contribution in [0.5, 0.6) is 11.5 Å². The summed E-state index contributed by atoms with van der Waals surface area (Å²) in [4.78, 5) is 10.2. The van der Waals surface area contributed by atoms with Gasteiger partial charge in [0.2, 0.25) is 0 Å². The first kappa shape index (κ1) is 57.1. The van der Waals surface area contributed by atoms with Crippen LogP contribution in [0.15, 0.2) is 97.1 Å². The van der Waals surface area contributed by atoms with Gasteiger partial charge in [0.05, 0.1) is 14.2 Å². The second-order valence-electron chi connectivity index (χ2n) is 18.3. The van der Waals surface area contributed by atoms with Gasteiger partial charge in [-0.05, 0) is 134 Å². The van der Waals surface area contributed by atoms with Crippen molar-refractivity contribution in [1.82, 2.24) is 30.2 Å². The molecule has 2 fully saturated rings. The van der Waals surface area contributed by atoms with Crippen LogP contribution in [0.4, 0.5) is 0 Å². The number of methoxy groups -OCH3 is 2. The Morgan fingerprint density at radius 3 is 1.44 bits per heavy atom. The quantitative estimate of drug-likeness (QED) is 0.0327. The zero-order valence-corrected chi connectivity index (χ0v) is 46.1. The highest BCUT2D eigenvalue weighted by Crippen LogP contribution is 2.35. The molecule has 2 N–H and O–H groups in total. The van der Waals surface area contributed by atoms with Crippen LogP contribution in [0.2, 0.25) is 10.0 Å². The molecule has 0 saturated carbocycles. The first-order chi connectivity index (χ1) is 33.2. The summed E-state index contributed by atoms with van der Waals surface area (Å²) in [5, 5.41) is 8.80. The Bertz CT molecular complexity index is 1920. The lowest BCUT2D eigenvalue weighted by molar-refractivity contribution is 0.136. The molecule has 68 heavy (non-hydrogen) atoms. The number of piperidine rings is 2. The molecule has 8 nitrogen and oxygen atoms in total. The highest BCUT2D eigenvalue weighted by Gasteiger charge is 2.31. The van der Waals surface area contributed by atoms with Gasteiger partial charge in [0.1, 0.15) is 11.5 Å². The number of nitrogens with one attached hydrogen (secondary N) is 2. The van der Waals surface area contributed by atoms with Crippen molar-refractivity contribution in [3.05, 3.63) is 129 Å². The van der Waals surface area contributed by atoms with E-state index in [4.69, 9.17) is 32.7 Å². The maximum Gasteiger partial charge on any atom is 0.118 e. The number of thioether (sulfide) groups is 2. The first-order valence-corrected chi connectivity index (χ1v) is 28.9. The van der Waals surface area contributed by atoms with Gasteiger partial charge in [-0.25, -0.2) is 0 Å². The van der Waals surface area contributed by atoms with Crippen LogP contribution in [-0.2, 0) is 11.5 Å². The Labute approximate surface area is 440 Å². The SMILES string of the molecule is CN1CCC(c2ccc(Cl)cc2)C(CN(CCS)CCNCCS)C1.COc1ccc(CSCCNCCN(CCSCc2ccc(OC)cc2)CC2CN(C)CCC2c2ccc(Cl)cc2)cc1. The van der Waals surface area contributed by atoms with Crippen molar-refractivity contribution in [1.29, 1.82) is 0 Å². The fourth-order valence-corrected chi connectivity index (χ4v) is 12.0. The van der Waals surface area contributed by atoms with E-state index in [1.807, 2.05) is 47.8 Å². The molecule has 4 unspecified atom stereocenters. The van der Waals surface area contributed by atoms with Gasteiger partial charge in [0.15, 0.2) is 0 Å². The average molecular weight is 1040 g/mol. The van der Waals surface area contributed by atoms with Crippen molar-refractivity contribution in [3.63, 3.8) is 0 Å². The number of hydrogen-bond donors (Lipinski definition) is 4. The van der Waals surface area contributed by atoms with Crippen molar-refractivity contribution in [2.75, 3.05) is 143 Å². The van der Waals surface area contributed by atoms with Gasteiger partial charge >= 0.3 is 0 Å². The van der Waals surface area contributed by atoms with Crippen molar-refractivity contribution in [3.8, 4) is 11.5 Å². The summed E-state index contributed by atoms with van der Waals surface area (Å²) < 4.78 is 10.6. The molecule has 0 radical (unpaired) electrons. The molecule has 0 aromatic heterocycles. The van der Waals surface area contributed by atoms with E-state index in [0.717, 1.165) is 141 Å². The van der Waals surface area contributed by atoms with E-state index in [-0.39, 0.29) is 0 Å². The lowest BCUT2D eigenvalue weighted by Crippen LogP contribution is -2.45. The Kier molecular flexibility index (Phi) is 27.8. The summed E-state index contributed by atoms with van der Waals surface area (Å²) in [5.74, 6) is 10.3. The van der Waals surface area contributed by atoms with Gasteiger partial charge < -0.3 is 39.7 Å². The smallest absolute Gasteiger partial charge is 0.118 e. The van der Waals surface area contributed by atoms with Crippen LogP contribution in [-0.4, -0.2) is 163 Å². The van der Waals surface area contributed by atoms with Crippen LogP contribution in [0.3, 0.4) is 0 Å². The summed E-state index contributed by atoms with van der Waals surface area (Å²) in [7, 11) is 7.94. The lowest BCUT2D eigenvalue weighted by Gasteiger charge is -2.40. The molecule has 4 aromatic carbocycles. The number of hydrogen-bond acceptors (Lipinski definition) is 12. The second kappa shape index (κ2) is 33.0. The molecule has 0 bridgehead atoms. The molecule has 2 aliphatic heterocycles. The predicted octanol–water partition coefficient (Wildman–Crippen LogP) is 10.3. The Morgan fingerprint density at radius 2 is 1.00 bits per heavy atom. The number of thiol groups is 2. The van der Waals surface area contributed by atoms with Crippen LogP contribution in [0.25, 0.3) is 0 Å². The molecule has 6 rings (SSSR count). The van der Waals surface area contributed by atoms with Crippen molar-refractivity contribution in [2.24, 2.45) is 11.8 Å². The van der Waals surface area contributed by atoms with E-state index in [9.17, 15) is 0 Å². The van der Waals surface area contributed by atoms with E-state index >= 15 is 0 Å². The highest BCUT2D eigenvalue weighted by molar-refractivity contribution is 7.98. The fraction of sp³-hybridized carbons (Fsp3) is 0.556. The van der Waals surface area contributed by atoms with Crippen molar-refractivity contribution < 1.29 is 9.47 Å². The number of benzene rings is 4. The summed E-state index contributed by atoms with van der Waals surface area (Å²) >= 11 is 25.0. The molecule has 0 spiro atoms. The summed E-state index contributed by atoms with van der Waals surface area (Å²) in [6.07, 6.45) is 2.42. The zero-order valence-electron chi connectivity index (χ0n) is 41.2. The molecule has 0 amide bonds. The van der Waals surface area contributed by atoms with Crippen LogP contribution in [0.1, 0.15) is 46.9 Å². The molecule has 4 atom stereocenters. The maximum atomic E-state index is 6.23. The largest absolute Gasteiger partial charge is 0.497 e. The summed E-state index contributed by atoms with van der Waals surface area (Å²) in [5.41, 5.74) is 5.56. The van der Waals surface area contributed by atoms with Crippen LogP contribution < -0.4 is 20.1 Å². The highest BCUT2D eigenvalue weighted by atomic mass is 35.5. The molecular formula is C54H80Cl2N6O2S4. The van der Waals surface area contributed by atoms with Gasteiger partial charge in [0, 0.05) is 123 Å². The molecule has 0 aliphatic carbocycles. The number of likely N-dealkylation sites (tertiary alicyclic amines) is 2. The third kappa shape index (κ3) is 21.1. The van der Waals surface area contributed by atoms with Gasteiger partial charge in [-0.1, -0.05) is 71.7 Å². The predicted molar refractivity (Wildman–Crippen MR) is 304 cm³/mol. The third-order valence-electron chi connectivity index (χ3n) is 13.2. The van der Waals surface area contributed by atoms with E-state index in [1.165, 1.54) is 41.6 Å². The Balaban J connectivity index is 0.000000293. The average Bonchev–Trinajstić information content (AvgIpc) is 3.35. The first-order valence-electron chi connectivity index (χ1n) is 24.5. The van der Waals surface area contributed by atoms with E-state index in [2.05, 4.69) is 142 Å². The zero-order chi connectivity index (χ0) is 48.4. The second-order valence-corrected chi connectivity index (χ2v) is 22.3. The summed E-state index contributed by atoms with van der Waals surface area (Å²) in [6, 6.07) is 33.9. The third-order valence-corrected chi connectivity index (χ3v) is 16.2. The van der Waals surface area contributed by atoms with Crippen LogP contribution >= 0.6 is 72.0 Å². The molecule has 376 valence electrons. The maximum absolute atomic E-state index is 6.23. The monoisotopic (exact) mass is 1040 g/mol. The fourth-order valence-electron chi connectivity index (χ4n) is 9.45. The Morgan fingerprint density at radius 1 is 0.559 bits per heavy atom. The van der Waals surface area contributed by atoms with Crippen LogP contribution in [0, 0.1) is 11.8 Å². The van der Waals surface area contributed by atoms with Gasteiger partial charge in [-0.2, -0.15) is 48.8 Å². The summed E-state index contributed by atoms with van der Waals surface area (Å²) in [6.45, 7) is 15.2. The molecular weight excluding hydrogens is 964 g/mol. The molecule has 2 aliphatic rings. The van der Waals surface area contributed by atoms with Gasteiger partial charge in [0.25, 0.3) is 0 Å². The lowest BCUT2D eigenvalue weighted by atomic mass is 9.80. The van der Waals surface area contributed by atoms with Crippen molar-refractivity contribution >= 4 is 72.0 Å². The normalized spacial score (nSPS) is 19.0. The molecule has 2 heterocycles. The van der Waals surface area contributed by atoms with Gasteiger partial charge in [-0.15, -0.1) is 0 Å². The minimum absolute atomic E-state index is 0.574. The van der Waals surface area contributed by atoms with Crippen molar-refractivity contribution in [2.45, 2.75) is 36.2 Å². The minimum Gasteiger partial charge on any atom is -0.497 e. The minimum atomic E-state index is 0.574. The number of rotatable bonds is 28. The molecule has 4 aromatic rings.